The third-order valence-corrected chi connectivity index (χ3v) is 2.72. The van der Waals surface area contributed by atoms with Crippen molar-refractivity contribution < 1.29 is 4.79 Å². The fraction of sp³-hybridized carbons (Fsp3) is 0.583. The molecule has 1 atom stereocenters. The molecule has 2 heterocycles. The Bertz CT molecular complexity index is 434. The van der Waals surface area contributed by atoms with Crippen LogP contribution in [0.5, 0.6) is 0 Å². The van der Waals surface area contributed by atoms with E-state index in [0.29, 0.717) is 18.9 Å². The average Bonchev–Trinajstić information content (AvgIpc) is 2.71. The second-order valence-electron chi connectivity index (χ2n) is 4.49. The van der Waals surface area contributed by atoms with Crippen LogP contribution in [0.4, 0.5) is 11.8 Å². The molecule has 1 saturated heterocycles. The summed E-state index contributed by atoms with van der Waals surface area (Å²) in [6.07, 6.45) is 1.53. The highest BCUT2D eigenvalue weighted by Gasteiger charge is 2.21. The molecule has 1 aromatic heterocycles. The van der Waals surface area contributed by atoms with Crippen molar-refractivity contribution in [2.24, 2.45) is 0 Å². The Morgan fingerprint density at radius 3 is 3.00 bits per heavy atom. The largest absolute Gasteiger partial charge is 0.365 e. The topological polar surface area (TPSA) is 78.9 Å². The van der Waals surface area contributed by atoms with Crippen LogP contribution in [0.25, 0.3) is 0 Å². The molecule has 1 aromatic rings. The van der Waals surface area contributed by atoms with Gasteiger partial charge in [-0.1, -0.05) is 6.92 Å². The summed E-state index contributed by atoms with van der Waals surface area (Å²) < 4.78 is 0. The minimum absolute atomic E-state index is 0.0857. The van der Waals surface area contributed by atoms with Crippen molar-refractivity contribution in [2.45, 2.75) is 32.7 Å². The standard InChI is InChI=1S/C12H19N5O/c1-3-4-13-12-15-8(2)5-10(17-12)16-9-6-11(18)14-7-9/h5,9H,3-4,6-7H2,1-2H3,(H,14,18)(H2,13,15,16,17). The molecule has 0 aliphatic carbocycles. The van der Waals surface area contributed by atoms with Crippen LogP contribution < -0.4 is 16.0 Å². The van der Waals surface area contributed by atoms with Crippen molar-refractivity contribution in [3.63, 3.8) is 0 Å². The molecule has 1 aliphatic heterocycles. The van der Waals surface area contributed by atoms with Gasteiger partial charge in [-0.2, -0.15) is 4.98 Å². The van der Waals surface area contributed by atoms with E-state index in [1.54, 1.807) is 0 Å². The number of aromatic nitrogens is 2. The van der Waals surface area contributed by atoms with Gasteiger partial charge in [0, 0.05) is 31.3 Å². The van der Waals surface area contributed by atoms with E-state index in [0.717, 1.165) is 24.5 Å². The zero-order valence-corrected chi connectivity index (χ0v) is 10.8. The van der Waals surface area contributed by atoms with Crippen molar-refractivity contribution in [2.75, 3.05) is 23.7 Å². The fourth-order valence-corrected chi connectivity index (χ4v) is 1.87. The highest BCUT2D eigenvalue weighted by molar-refractivity contribution is 5.79. The van der Waals surface area contributed by atoms with Gasteiger partial charge in [0.05, 0.1) is 6.04 Å². The maximum atomic E-state index is 11.1. The molecule has 1 unspecified atom stereocenters. The lowest BCUT2D eigenvalue weighted by atomic mass is 10.2. The lowest BCUT2D eigenvalue weighted by Crippen LogP contribution is -2.23. The molecule has 0 radical (unpaired) electrons. The number of amides is 1. The SMILES string of the molecule is CCCNc1nc(C)cc(NC2CNC(=O)C2)n1. The number of rotatable bonds is 5. The van der Waals surface area contributed by atoms with Crippen LogP contribution in [0, 0.1) is 6.92 Å². The molecule has 1 fully saturated rings. The van der Waals surface area contributed by atoms with Crippen molar-refractivity contribution in [1.82, 2.24) is 15.3 Å². The van der Waals surface area contributed by atoms with Crippen LogP contribution in [0.3, 0.4) is 0 Å². The smallest absolute Gasteiger partial charge is 0.224 e. The molecule has 0 aromatic carbocycles. The lowest BCUT2D eigenvalue weighted by Gasteiger charge is -2.13. The van der Waals surface area contributed by atoms with Crippen LogP contribution in [0.15, 0.2) is 6.07 Å². The summed E-state index contributed by atoms with van der Waals surface area (Å²) >= 11 is 0. The Morgan fingerprint density at radius 1 is 1.50 bits per heavy atom. The minimum atomic E-state index is 0.0857. The monoisotopic (exact) mass is 249 g/mol. The summed E-state index contributed by atoms with van der Waals surface area (Å²) in [4.78, 5) is 19.8. The molecule has 0 saturated carbocycles. The number of carbonyl (C=O) groups is 1. The minimum Gasteiger partial charge on any atom is -0.365 e. The predicted octanol–water partition coefficient (Wildman–Crippen LogP) is 0.907. The summed E-state index contributed by atoms with van der Waals surface area (Å²) in [7, 11) is 0. The van der Waals surface area contributed by atoms with Crippen LogP contribution in [0.1, 0.15) is 25.5 Å². The van der Waals surface area contributed by atoms with Gasteiger partial charge in [-0.3, -0.25) is 4.79 Å². The molecular formula is C12H19N5O. The van der Waals surface area contributed by atoms with Gasteiger partial charge < -0.3 is 16.0 Å². The molecule has 6 heteroatoms. The molecule has 0 bridgehead atoms. The van der Waals surface area contributed by atoms with E-state index in [-0.39, 0.29) is 11.9 Å². The van der Waals surface area contributed by atoms with Gasteiger partial charge in [-0.25, -0.2) is 4.98 Å². The molecule has 6 nitrogen and oxygen atoms in total. The summed E-state index contributed by atoms with van der Waals surface area (Å²) in [6.45, 7) is 5.53. The lowest BCUT2D eigenvalue weighted by molar-refractivity contribution is -0.119. The molecule has 1 aliphatic rings. The molecule has 2 rings (SSSR count). The fourth-order valence-electron chi connectivity index (χ4n) is 1.87. The van der Waals surface area contributed by atoms with Crippen molar-refractivity contribution in [3.05, 3.63) is 11.8 Å². The maximum absolute atomic E-state index is 11.1. The Labute approximate surface area is 107 Å². The summed E-state index contributed by atoms with van der Waals surface area (Å²) in [5.41, 5.74) is 0.906. The maximum Gasteiger partial charge on any atom is 0.224 e. The quantitative estimate of drug-likeness (QED) is 0.723. The van der Waals surface area contributed by atoms with E-state index in [1.165, 1.54) is 0 Å². The number of hydrogen-bond acceptors (Lipinski definition) is 5. The van der Waals surface area contributed by atoms with E-state index < -0.39 is 0 Å². The first kappa shape index (κ1) is 12.6. The van der Waals surface area contributed by atoms with Crippen LogP contribution in [-0.2, 0) is 4.79 Å². The first-order chi connectivity index (χ1) is 8.67. The number of hydrogen-bond donors (Lipinski definition) is 3. The van der Waals surface area contributed by atoms with Crippen molar-refractivity contribution >= 4 is 17.7 Å². The normalized spacial score (nSPS) is 18.6. The van der Waals surface area contributed by atoms with E-state index in [9.17, 15) is 4.79 Å². The van der Waals surface area contributed by atoms with Gasteiger partial charge in [0.25, 0.3) is 0 Å². The molecule has 18 heavy (non-hydrogen) atoms. The van der Waals surface area contributed by atoms with Gasteiger partial charge in [0.15, 0.2) is 0 Å². The van der Waals surface area contributed by atoms with E-state index in [2.05, 4.69) is 32.8 Å². The average molecular weight is 249 g/mol. The number of carbonyl (C=O) groups excluding carboxylic acids is 1. The third-order valence-electron chi connectivity index (χ3n) is 2.72. The summed E-state index contributed by atoms with van der Waals surface area (Å²) in [5, 5.41) is 9.21. The number of anilines is 2. The van der Waals surface area contributed by atoms with Crippen LogP contribution in [0.2, 0.25) is 0 Å². The van der Waals surface area contributed by atoms with Gasteiger partial charge in [0.2, 0.25) is 11.9 Å². The Kier molecular flexibility index (Phi) is 3.96. The second kappa shape index (κ2) is 5.66. The van der Waals surface area contributed by atoms with E-state index >= 15 is 0 Å². The highest BCUT2D eigenvalue weighted by Crippen LogP contribution is 2.13. The van der Waals surface area contributed by atoms with E-state index in [4.69, 9.17) is 0 Å². The third kappa shape index (κ3) is 3.32. The number of nitrogens with one attached hydrogen (secondary N) is 3. The first-order valence-electron chi connectivity index (χ1n) is 6.30. The van der Waals surface area contributed by atoms with Gasteiger partial charge >= 0.3 is 0 Å². The number of aryl methyl sites for hydroxylation is 1. The van der Waals surface area contributed by atoms with Gasteiger partial charge in [-0.05, 0) is 13.3 Å². The van der Waals surface area contributed by atoms with Crippen molar-refractivity contribution in [1.29, 1.82) is 0 Å². The zero-order chi connectivity index (χ0) is 13.0. The van der Waals surface area contributed by atoms with Crippen molar-refractivity contribution in [3.8, 4) is 0 Å². The summed E-state index contributed by atoms with van der Waals surface area (Å²) in [6, 6.07) is 2.01. The Balaban J connectivity index is 2.03. The van der Waals surface area contributed by atoms with E-state index in [1.807, 2.05) is 13.0 Å². The zero-order valence-electron chi connectivity index (χ0n) is 10.8. The highest BCUT2D eigenvalue weighted by atomic mass is 16.1. The molecule has 0 spiro atoms. The van der Waals surface area contributed by atoms with Gasteiger partial charge in [-0.15, -0.1) is 0 Å². The molecule has 1 amide bonds. The van der Waals surface area contributed by atoms with Gasteiger partial charge in [0.1, 0.15) is 5.82 Å². The van der Waals surface area contributed by atoms with Crippen LogP contribution in [-0.4, -0.2) is 35.0 Å². The Morgan fingerprint density at radius 2 is 2.33 bits per heavy atom. The molecule has 3 N–H and O–H groups in total. The molecule has 98 valence electrons. The van der Waals surface area contributed by atoms with Crippen LogP contribution >= 0.6 is 0 Å². The number of nitrogens with zero attached hydrogens (tertiary/aromatic N) is 2. The second-order valence-corrected chi connectivity index (χ2v) is 4.49. The first-order valence-corrected chi connectivity index (χ1v) is 6.30. The summed E-state index contributed by atoms with van der Waals surface area (Å²) in [5.74, 6) is 1.49. The molecular weight excluding hydrogens is 230 g/mol. The predicted molar refractivity (Wildman–Crippen MR) is 70.6 cm³/mol. The Hall–Kier alpha value is -1.85.